The first-order valence-corrected chi connectivity index (χ1v) is 7.11. The second-order valence-electron chi connectivity index (χ2n) is 5.27. The number of rotatable bonds is 7. The Kier molecular flexibility index (Phi) is 5.41. The Bertz CT molecular complexity index is 657. The number of aromatic nitrogens is 1. The van der Waals surface area contributed by atoms with Crippen molar-refractivity contribution in [2.24, 2.45) is 5.92 Å². The lowest BCUT2D eigenvalue weighted by atomic mass is 10.1. The van der Waals surface area contributed by atoms with Crippen LogP contribution in [0.2, 0.25) is 0 Å². The molecule has 0 aromatic carbocycles. The lowest BCUT2D eigenvalue weighted by molar-refractivity contribution is 0.0431. The van der Waals surface area contributed by atoms with E-state index in [1.807, 2.05) is 0 Å². The Morgan fingerprint density at radius 3 is 2.86 bits per heavy atom. The maximum atomic E-state index is 11.9. The van der Waals surface area contributed by atoms with Crippen molar-refractivity contribution in [1.29, 1.82) is 0 Å². The molecular formula is C16H19NO5. The van der Waals surface area contributed by atoms with Gasteiger partial charge < -0.3 is 18.9 Å². The number of hydrogen-bond acceptors (Lipinski definition) is 5. The third-order valence-electron chi connectivity index (χ3n) is 2.97. The van der Waals surface area contributed by atoms with Crippen LogP contribution in [0.25, 0.3) is 0 Å². The van der Waals surface area contributed by atoms with Crippen LogP contribution in [0.15, 0.2) is 39.9 Å². The van der Waals surface area contributed by atoms with Gasteiger partial charge in [0, 0.05) is 12.3 Å². The number of H-pyrrole nitrogens is 1. The van der Waals surface area contributed by atoms with Crippen molar-refractivity contribution in [2.75, 3.05) is 6.61 Å². The van der Waals surface area contributed by atoms with Gasteiger partial charge in [-0.1, -0.05) is 13.8 Å². The van der Waals surface area contributed by atoms with E-state index >= 15 is 0 Å². The van der Waals surface area contributed by atoms with Gasteiger partial charge in [0.15, 0.2) is 5.75 Å². The highest BCUT2D eigenvalue weighted by molar-refractivity contribution is 5.86. The maximum Gasteiger partial charge on any atom is 0.374 e. The van der Waals surface area contributed by atoms with E-state index in [9.17, 15) is 9.59 Å². The summed E-state index contributed by atoms with van der Waals surface area (Å²) in [4.78, 5) is 26.4. The van der Waals surface area contributed by atoms with Crippen molar-refractivity contribution in [3.05, 3.63) is 52.3 Å². The average Bonchev–Trinajstić information content (AvgIpc) is 3.01. The first kappa shape index (κ1) is 15.9. The fraction of sp³-hybridized carbons (Fsp3) is 0.375. The molecule has 0 atom stereocenters. The van der Waals surface area contributed by atoms with E-state index in [1.54, 1.807) is 6.07 Å². The molecule has 22 heavy (non-hydrogen) atoms. The number of carbonyl (C=O) groups excluding carboxylic acids is 1. The van der Waals surface area contributed by atoms with Crippen LogP contribution in [0.1, 0.15) is 36.5 Å². The molecule has 0 radical (unpaired) electrons. The van der Waals surface area contributed by atoms with Crippen molar-refractivity contribution < 1.29 is 18.7 Å². The zero-order valence-corrected chi connectivity index (χ0v) is 12.6. The number of aromatic amines is 1. The van der Waals surface area contributed by atoms with Gasteiger partial charge >= 0.3 is 5.97 Å². The third-order valence-corrected chi connectivity index (χ3v) is 2.97. The van der Waals surface area contributed by atoms with Crippen LogP contribution < -0.4 is 10.2 Å². The fourth-order valence-corrected chi connectivity index (χ4v) is 1.71. The van der Waals surface area contributed by atoms with Gasteiger partial charge in [0.25, 0.3) is 0 Å². The largest absolute Gasteiger partial charge is 0.488 e. The highest BCUT2D eigenvalue weighted by Gasteiger charge is 2.11. The highest BCUT2D eigenvalue weighted by Crippen LogP contribution is 2.08. The van der Waals surface area contributed by atoms with Crippen molar-refractivity contribution in [3.63, 3.8) is 0 Å². The van der Waals surface area contributed by atoms with E-state index in [1.165, 1.54) is 24.6 Å². The topological polar surface area (TPSA) is 81.5 Å². The molecule has 118 valence electrons. The van der Waals surface area contributed by atoms with Crippen LogP contribution in [0.4, 0.5) is 0 Å². The molecular weight excluding hydrogens is 286 g/mol. The first-order valence-electron chi connectivity index (χ1n) is 7.11. The second-order valence-corrected chi connectivity index (χ2v) is 5.27. The molecule has 2 heterocycles. The molecule has 6 nitrogen and oxygen atoms in total. The van der Waals surface area contributed by atoms with Crippen LogP contribution in [0.5, 0.6) is 5.75 Å². The molecule has 0 bridgehead atoms. The van der Waals surface area contributed by atoms with Crippen molar-refractivity contribution in [1.82, 2.24) is 4.98 Å². The summed E-state index contributed by atoms with van der Waals surface area (Å²) in [7, 11) is 0. The van der Waals surface area contributed by atoms with E-state index < -0.39 is 5.97 Å². The van der Waals surface area contributed by atoms with Gasteiger partial charge in [0.1, 0.15) is 6.61 Å². The van der Waals surface area contributed by atoms with Gasteiger partial charge in [-0.05, 0) is 24.5 Å². The fourth-order valence-electron chi connectivity index (χ4n) is 1.71. The second kappa shape index (κ2) is 7.49. The Hall–Kier alpha value is -2.50. The number of ether oxygens (including phenoxy) is 2. The normalized spacial score (nSPS) is 10.7. The summed E-state index contributed by atoms with van der Waals surface area (Å²) in [5, 5.41) is 0. The van der Waals surface area contributed by atoms with E-state index in [0.717, 1.165) is 6.42 Å². The smallest absolute Gasteiger partial charge is 0.374 e. The molecule has 0 saturated heterocycles. The molecule has 2 aromatic heterocycles. The Balaban J connectivity index is 1.89. The first-order chi connectivity index (χ1) is 10.6. The minimum Gasteiger partial charge on any atom is -0.488 e. The number of esters is 1. The summed E-state index contributed by atoms with van der Waals surface area (Å²) in [5.41, 5.74) is 0.243. The molecule has 2 aromatic rings. The molecule has 0 unspecified atom stereocenters. The van der Waals surface area contributed by atoms with Gasteiger partial charge in [-0.25, -0.2) is 4.79 Å². The Morgan fingerprint density at radius 1 is 1.41 bits per heavy atom. The van der Waals surface area contributed by atoms with E-state index in [-0.39, 0.29) is 23.5 Å². The molecule has 0 aliphatic rings. The number of hydrogen-bond donors (Lipinski definition) is 1. The lowest BCUT2D eigenvalue weighted by Crippen LogP contribution is -2.13. The summed E-state index contributed by atoms with van der Waals surface area (Å²) in [5.74, 6) is 0.320. The summed E-state index contributed by atoms with van der Waals surface area (Å²) >= 11 is 0. The summed E-state index contributed by atoms with van der Waals surface area (Å²) in [6.07, 6.45) is 3.75. The summed E-state index contributed by atoms with van der Waals surface area (Å²) in [6.45, 7) is 4.63. The van der Waals surface area contributed by atoms with E-state index in [4.69, 9.17) is 13.9 Å². The zero-order chi connectivity index (χ0) is 15.9. The molecule has 0 aliphatic carbocycles. The molecule has 6 heteroatoms. The van der Waals surface area contributed by atoms with Gasteiger partial charge in [0.2, 0.25) is 11.2 Å². The predicted octanol–water partition coefficient (Wildman–Crippen LogP) is 2.75. The SMILES string of the molecule is CC(C)CCOc1c[nH]c(COC(=O)c2ccco2)cc1=O. The molecule has 0 aliphatic heterocycles. The van der Waals surface area contributed by atoms with Crippen LogP contribution in [0.3, 0.4) is 0 Å². The Labute approximate surface area is 128 Å². The number of pyridine rings is 1. The average molecular weight is 305 g/mol. The van der Waals surface area contributed by atoms with Gasteiger partial charge in [-0.2, -0.15) is 0 Å². The van der Waals surface area contributed by atoms with Crippen molar-refractivity contribution in [3.8, 4) is 5.75 Å². The minimum atomic E-state index is -0.580. The molecule has 0 fully saturated rings. The molecule has 0 saturated carbocycles. The summed E-state index contributed by atoms with van der Waals surface area (Å²) in [6, 6.07) is 4.47. The van der Waals surface area contributed by atoms with E-state index in [0.29, 0.717) is 18.2 Å². The van der Waals surface area contributed by atoms with Gasteiger partial charge in [0.05, 0.1) is 18.6 Å². The lowest BCUT2D eigenvalue weighted by Gasteiger charge is -2.08. The molecule has 2 rings (SSSR count). The predicted molar refractivity (Wildman–Crippen MR) is 79.8 cm³/mol. The molecule has 0 amide bonds. The van der Waals surface area contributed by atoms with Crippen LogP contribution in [0, 0.1) is 5.92 Å². The highest BCUT2D eigenvalue weighted by atomic mass is 16.5. The van der Waals surface area contributed by atoms with Gasteiger partial charge in [-0.3, -0.25) is 4.79 Å². The van der Waals surface area contributed by atoms with Crippen LogP contribution >= 0.6 is 0 Å². The Morgan fingerprint density at radius 2 is 2.23 bits per heavy atom. The van der Waals surface area contributed by atoms with Crippen molar-refractivity contribution in [2.45, 2.75) is 26.9 Å². The quantitative estimate of drug-likeness (QED) is 0.795. The molecule has 0 spiro atoms. The number of nitrogens with one attached hydrogen (secondary N) is 1. The molecule has 1 N–H and O–H groups in total. The number of furan rings is 1. The van der Waals surface area contributed by atoms with Crippen LogP contribution in [-0.4, -0.2) is 17.6 Å². The third kappa shape index (κ3) is 4.51. The van der Waals surface area contributed by atoms with E-state index in [2.05, 4.69) is 18.8 Å². The number of carbonyl (C=O) groups is 1. The van der Waals surface area contributed by atoms with Crippen molar-refractivity contribution >= 4 is 5.97 Å². The maximum absolute atomic E-state index is 11.9. The standard InChI is InChI=1S/C16H19NO5/c1-11(2)5-7-21-15-9-17-12(8-13(15)18)10-22-16(19)14-4-3-6-20-14/h3-4,6,8-9,11H,5,7,10H2,1-2H3,(H,17,18). The van der Waals surface area contributed by atoms with Crippen LogP contribution in [-0.2, 0) is 11.3 Å². The van der Waals surface area contributed by atoms with Gasteiger partial charge in [-0.15, -0.1) is 0 Å². The summed E-state index contributed by atoms with van der Waals surface area (Å²) < 4.78 is 15.4. The zero-order valence-electron chi connectivity index (χ0n) is 12.6. The monoisotopic (exact) mass is 305 g/mol. The minimum absolute atomic E-state index is 0.0406.